The van der Waals surface area contributed by atoms with Crippen molar-refractivity contribution in [3.8, 4) is 0 Å². The summed E-state index contributed by atoms with van der Waals surface area (Å²) >= 11 is 5.11. The highest BCUT2D eigenvalue weighted by atomic mass is 32.1. The Morgan fingerprint density at radius 3 is 2.63 bits per heavy atom. The summed E-state index contributed by atoms with van der Waals surface area (Å²) in [6.45, 7) is 4.27. The van der Waals surface area contributed by atoms with E-state index in [-0.39, 0.29) is 0 Å². The van der Waals surface area contributed by atoms with Gasteiger partial charge in [-0.3, -0.25) is 0 Å². The average molecular weight is 276 g/mol. The van der Waals surface area contributed by atoms with Crippen LogP contribution in [0.5, 0.6) is 0 Å². The smallest absolute Gasteiger partial charge is 0.216 e. The predicted molar refractivity (Wildman–Crippen MR) is 80.2 cm³/mol. The monoisotopic (exact) mass is 276 g/mol. The quantitative estimate of drug-likeness (QED) is 0.628. The molecule has 0 atom stereocenters. The minimum Gasteiger partial charge on any atom is -0.377 e. The standard InChI is InChI=1S/C14H20N4S/c1-12-13(15-14(19)17(2)16-12)8-4-7-11-18-9-5-3-6-10-18/h4,7-8,11H,3,5-6,9-10H2,1-2H3. The van der Waals surface area contributed by atoms with Gasteiger partial charge in [-0.05, 0) is 56.8 Å². The van der Waals surface area contributed by atoms with Crippen molar-refractivity contribution in [2.75, 3.05) is 13.1 Å². The summed E-state index contributed by atoms with van der Waals surface area (Å²) in [6.07, 6.45) is 12.1. The summed E-state index contributed by atoms with van der Waals surface area (Å²) < 4.78 is 2.12. The van der Waals surface area contributed by atoms with Gasteiger partial charge in [0, 0.05) is 20.1 Å². The van der Waals surface area contributed by atoms with Crippen LogP contribution in [-0.4, -0.2) is 32.8 Å². The molecule has 0 bridgehead atoms. The van der Waals surface area contributed by atoms with E-state index in [0.29, 0.717) is 4.77 Å². The Labute approximate surface area is 119 Å². The Morgan fingerprint density at radius 1 is 1.16 bits per heavy atom. The van der Waals surface area contributed by atoms with Gasteiger partial charge in [-0.25, -0.2) is 9.67 Å². The average Bonchev–Trinajstić information content (AvgIpc) is 2.41. The van der Waals surface area contributed by atoms with Gasteiger partial charge in [-0.15, -0.1) is 0 Å². The zero-order chi connectivity index (χ0) is 13.7. The van der Waals surface area contributed by atoms with Gasteiger partial charge in [0.25, 0.3) is 0 Å². The summed E-state index contributed by atoms with van der Waals surface area (Å²) in [5.74, 6) is 0. The van der Waals surface area contributed by atoms with E-state index in [1.807, 2.05) is 26.1 Å². The molecule has 1 fully saturated rings. The van der Waals surface area contributed by atoms with Gasteiger partial charge >= 0.3 is 0 Å². The Bertz CT molecular complexity index is 539. The molecular weight excluding hydrogens is 256 g/mol. The molecule has 1 aliphatic heterocycles. The Kier molecular flexibility index (Phi) is 4.85. The van der Waals surface area contributed by atoms with Crippen LogP contribution in [0.4, 0.5) is 0 Å². The number of aromatic nitrogens is 3. The second-order valence-corrected chi connectivity index (χ2v) is 5.15. The number of hydrogen-bond acceptors (Lipinski definition) is 4. The molecule has 1 aromatic rings. The molecule has 0 spiro atoms. The van der Waals surface area contributed by atoms with Crippen molar-refractivity contribution in [3.05, 3.63) is 34.5 Å². The summed E-state index contributed by atoms with van der Waals surface area (Å²) in [5.41, 5.74) is 1.73. The van der Waals surface area contributed by atoms with E-state index < -0.39 is 0 Å². The van der Waals surface area contributed by atoms with Crippen LogP contribution in [0.25, 0.3) is 6.08 Å². The fourth-order valence-electron chi connectivity index (χ4n) is 2.12. The molecular formula is C14H20N4S. The molecule has 0 aliphatic carbocycles. The van der Waals surface area contributed by atoms with Gasteiger partial charge in [0.2, 0.25) is 4.77 Å². The SMILES string of the molecule is Cc1nn(C)c(=S)nc1C=CC=CN1CCCCC1. The molecule has 2 heterocycles. The molecule has 1 saturated heterocycles. The van der Waals surface area contributed by atoms with Crippen molar-refractivity contribution >= 4 is 18.3 Å². The first-order chi connectivity index (χ1) is 9.16. The van der Waals surface area contributed by atoms with Crippen molar-refractivity contribution in [2.45, 2.75) is 26.2 Å². The van der Waals surface area contributed by atoms with Crippen molar-refractivity contribution in [2.24, 2.45) is 7.05 Å². The zero-order valence-electron chi connectivity index (χ0n) is 11.5. The maximum absolute atomic E-state index is 5.11. The highest BCUT2D eigenvalue weighted by molar-refractivity contribution is 7.71. The lowest BCUT2D eigenvalue weighted by atomic mass is 10.1. The van der Waals surface area contributed by atoms with E-state index in [1.165, 1.54) is 32.4 Å². The first-order valence-corrected chi connectivity index (χ1v) is 7.08. The first kappa shape index (κ1) is 13.9. The number of nitrogens with zero attached hydrogens (tertiary/aromatic N) is 4. The number of allylic oxidation sites excluding steroid dienone is 2. The zero-order valence-corrected chi connectivity index (χ0v) is 12.4. The molecule has 0 aromatic carbocycles. The van der Waals surface area contributed by atoms with Crippen LogP contribution in [-0.2, 0) is 7.05 Å². The van der Waals surface area contributed by atoms with Crippen LogP contribution >= 0.6 is 12.2 Å². The third-order valence-electron chi connectivity index (χ3n) is 3.22. The number of hydrogen-bond donors (Lipinski definition) is 0. The molecule has 2 rings (SSSR count). The van der Waals surface area contributed by atoms with Crippen molar-refractivity contribution in [1.82, 2.24) is 19.7 Å². The van der Waals surface area contributed by atoms with Crippen LogP contribution in [0.1, 0.15) is 30.7 Å². The van der Waals surface area contributed by atoms with Crippen molar-refractivity contribution < 1.29 is 0 Å². The molecule has 1 aromatic heterocycles. The lowest BCUT2D eigenvalue weighted by Gasteiger charge is -2.24. The molecule has 1 aliphatic rings. The van der Waals surface area contributed by atoms with Gasteiger partial charge in [0.1, 0.15) is 0 Å². The topological polar surface area (TPSA) is 34.0 Å². The van der Waals surface area contributed by atoms with E-state index in [2.05, 4.69) is 27.3 Å². The largest absolute Gasteiger partial charge is 0.377 e. The van der Waals surface area contributed by atoms with Crippen LogP contribution in [0, 0.1) is 11.7 Å². The van der Waals surface area contributed by atoms with Crippen LogP contribution < -0.4 is 0 Å². The maximum Gasteiger partial charge on any atom is 0.216 e. The van der Waals surface area contributed by atoms with Gasteiger partial charge in [0.05, 0.1) is 11.4 Å². The maximum atomic E-state index is 5.11. The summed E-state index contributed by atoms with van der Waals surface area (Å²) in [7, 11) is 1.81. The summed E-state index contributed by atoms with van der Waals surface area (Å²) in [5, 5.41) is 4.31. The lowest BCUT2D eigenvalue weighted by Crippen LogP contribution is -2.23. The minimum absolute atomic E-state index is 0.505. The van der Waals surface area contributed by atoms with E-state index in [1.54, 1.807) is 4.68 Å². The molecule has 0 saturated carbocycles. The molecule has 0 N–H and O–H groups in total. The first-order valence-electron chi connectivity index (χ1n) is 6.68. The molecule has 0 radical (unpaired) electrons. The normalized spacial score (nSPS) is 16.6. The van der Waals surface area contributed by atoms with Gasteiger partial charge < -0.3 is 4.90 Å². The van der Waals surface area contributed by atoms with Gasteiger partial charge in [-0.2, -0.15) is 5.10 Å². The molecule has 102 valence electrons. The minimum atomic E-state index is 0.505. The highest BCUT2D eigenvalue weighted by Gasteiger charge is 2.04. The van der Waals surface area contributed by atoms with Crippen molar-refractivity contribution in [3.63, 3.8) is 0 Å². The third-order valence-corrected chi connectivity index (χ3v) is 3.57. The number of rotatable bonds is 3. The summed E-state index contributed by atoms with van der Waals surface area (Å²) in [6, 6.07) is 0. The van der Waals surface area contributed by atoms with E-state index >= 15 is 0 Å². The lowest BCUT2D eigenvalue weighted by molar-refractivity contribution is 0.309. The second-order valence-electron chi connectivity index (χ2n) is 4.79. The third kappa shape index (κ3) is 3.99. The second kappa shape index (κ2) is 6.61. The van der Waals surface area contributed by atoms with Crippen LogP contribution in [0.3, 0.4) is 0 Å². The highest BCUT2D eigenvalue weighted by Crippen LogP contribution is 2.09. The Morgan fingerprint density at radius 2 is 1.89 bits per heavy atom. The van der Waals surface area contributed by atoms with Gasteiger partial charge in [-0.1, -0.05) is 6.08 Å². The Balaban J connectivity index is 2.00. The van der Waals surface area contributed by atoms with E-state index in [9.17, 15) is 0 Å². The van der Waals surface area contributed by atoms with Crippen LogP contribution in [0.2, 0.25) is 0 Å². The Hall–Kier alpha value is -1.49. The number of aryl methyl sites for hydroxylation is 2. The molecule has 0 amide bonds. The van der Waals surface area contributed by atoms with Crippen molar-refractivity contribution in [1.29, 1.82) is 0 Å². The fraction of sp³-hybridized carbons (Fsp3) is 0.500. The molecule has 5 heteroatoms. The molecule has 0 unspecified atom stereocenters. The number of piperidine rings is 1. The van der Waals surface area contributed by atoms with Gasteiger partial charge in [0.15, 0.2) is 0 Å². The molecule has 19 heavy (non-hydrogen) atoms. The predicted octanol–water partition coefficient (Wildman–Crippen LogP) is 2.87. The number of likely N-dealkylation sites (tertiary alicyclic amines) is 1. The van der Waals surface area contributed by atoms with E-state index in [4.69, 9.17) is 12.2 Å². The molecule has 4 nitrogen and oxygen atoms in total. The summed E-state index contributed by atoms with van der Waals surface area (Å²) in [4.78, 5) is 6.69. The fourth-order valence-corrected chi connectivity index (χ4v) is 2.26. The van der Waals surface area contributed by atoms with E-state index in [0.717, 1.165) is 11.4 Å². The van der Waals surface area contributed by atoms with Crippen LogP contribution in [0.15, 0.2) is 18.4 Å².